The van der Waals surface area contributed by atoms with Crippen LogP contribution in [0.25, 0.3) is 0 Å². The lowest BCUT2D eigenvalue weighted by molar-refractivity contribution is -0.150. The minimum Gasteiger partial charge on any atom is -0.480 e. The maximum absolute atomic E-state index is 12.8. The zero-order valence-corrected chi connectivity index (χ0v) is 14.1. The van der Waals surface area contributed by atoms with Gasteiger partial charge in [0.15, 0.2) is 0 Å². The average Bonchev–Trinajstić information content (AvgIpc) is 2.94. The third-order valence-corrected chi connectivity index (χ3v) is 4.24. The van der Waals surface area contributed by atoms with Gasteiger partial charge in [-0.15, -0.1) is 0 Å². The summed E-state index contributed by atoms with van der Waals surface area (Å²) in [5.74, 6) is -1.24. The Morgan fingerprint density at radius 3 is 2.17 bits per heavy atom. The van der Waals surface area contributed by atoms with Crippen molar-refractivity contribution in [2.24, 2.45) is 0 Å². The highest BCUT2D eigenvalue weighted by Crippen LogP contribution is 2.26. The lowest BCUT2D eigenvalue weighted by atomic mass is 10.0. The smallest absolute Gasteiger partial charge is 0.410 e. The summed E-state index contributed by atoms with van der Waals surface area (Å²) in [5, 5.41) is 9.26. The second-order valence-electron chi connectivity index (χ2n) is 7.21. The molecule has 0 aliphatic carbocycles. The Bertz CT molecular complexity index is 485. The van der Waals surface area contributed by atoms with E-state index in [2.05, 4.69) is 0 Å². The predicted octanol–water partition coefficient (Wildman–Crippen LogP) is 1.85. The van der Waals surface area contributed by atoms with Crippen LogP contribution in [0.5, 0.6) is 0 Å². The number of rotatable bonds is 2. The van der Waals surface area contributed by atoms with E-state index < -0.39 is 29.7 Å². The summed E-state index contributed by atoms with van der Waals surface area (Å²) in [7, 11) is 0. The number of hydrogen-bond donors (Lipinski definition) is 1. The first-order valence-corrected chi connectivity index (χ1v) is 8.23. The summed E-state index contributed by atoms with van der Waals surface area (Å²) in [6.45, 7) is 6.26. The third-order valence-electron chi connectivity index (χ3n) is 4.24. The molecule has 7 heteroatoms. The molecule has 2 fully saturated rings. The number of hydrogen-bond acceptors (Lipinski definition) is 4. The molecule has 0 aromatic carbocycles. The normalized spacial score (nSPS) is 25.3. The molecule has 2 aliphatic rings. The fourth-order valence-electron chi connectivity index (χ4n) is 3.21. The molecule has 0 bridgehead atoms. The van der Waals surface area contributed by atoms with Gasteiger partial charge in [-0.1, -0.05) is 0 Å². The molecular weight excluding hydrogens is 300 g/mol. The van der Waals surface area contributed by atoms with E-state index in [0.717, 1.165) is 12.8 Å². The molecule has 2 atom stereocenters. The van der Waals surface area contributed by atoms with Crippen molar-refractivity contribution in [1.82, 2.24) is 9.80 Å². The van der Waals surface area contributed by atoms with Crippen molar-refractivity contribution >= 4 is 18.0 Å². The highest BCUT2D eigenvalue weighted by molar-refractivity contribution is 5.90. The first-order valence-electron chi connectivity index (χ1n) is 8.23. The summed E-state index contributed by atoms with van der Waals surface area (Å²) >= 11 is 0. The number of ether oxygens (including phenoxy) is 1. The van der Waals surface area contributed by atoms with Crippen molar-refractivity contribution < 1.29 is 24.2 Å². The monoisotopic (exact) mass is 326 g/mol. The van der Waals surface area contributed by atoms with Gasteiger partial charge < -0.3 is 14.7 Å². The van der Waals surface area contributed by atoms with Crippen molar-refractivity contribution in [3.63, 3.8) is 0 Å². The van der Waals surface area contributed by atoms with Crippen LogP contribution in [-0.2, 0) is 14.3 Å². The van der Waals surface area contributed by atoms with Crippen LogP contribution >= 0.6 is 0 Å². The number of carboxylic acids is 1. The Balaban J connectivity index is 2.12. The Morgan fingerprint density at radius 1 is 0.957 bits per heavy atom. The average molecular weight is 326 g/mol. The summed E-state index contributed by atoms with van der Waals surface area (Å²) in [6, 6.07) is -1.39. The predicted molar refractivity (Wildman–Crippen MR) is 82.9 cm³/mol. The number of carbonyl (C=O) groups is 3. The van der Waals surface area contributed by atoms with E-state index in [9.17, 15) is 19.5 Å². The van der Waals surface area contributed by atoms with Crippen molar-refractivity contribution in [1.29, 1.82) is 0 Å². The van der Waals surface area contributed by atoms with Gasteiger partial charge >= 0.3 is 12.1 Å². The van der Waals surface area contributed by atoms with Gasteiger partial charge in [-0.3, -0.25) is 9.69 Å². The Kier molecular flexibility index (Phi) is 5.16. The summed E-state index contributed by atoms with van der Waals surface area (Å²) in [6.07, 6.45) is 2.89. The number of aliphatic carboxylic acids is 1. The van der Waals surface area contributed by atoms with E-state index in [-0.39, 0.29) is 5.91 Å². The van der Waals surface area contributed by atoms with Gasteiger partial charge in [0.2, 0.25) is 5.91 Å². The largest absolute Gasteiger partial charge is 0.480 e. The van der Waals surface area contributed by atoms with E-state index >= 15 is 0 Å². The SMILES string of the molecule is CC(C)(C)OC(=O)N1CCCC[C@@H]1C(=O)N1CCC[C@H]1C(=O)O. The van der Waals surface area contributed by atoms with Gasteiger partial charge in [0.05, 0.1) is 0 Å². The zero-order valence-electron chi connectivity index (χ0n) is 14.1. The minimum atomic E-state index is -0.976. The van der Waals surface area contributed by atoms with E-state index in [1.54, 1.807) is 20.8 Å². The van der Waals surface area contributed by atoms with Crippen LogP contribution in [0, 0.1) is 0 Å². The molecule has 130 valence electrons. The van der Waals surface area contributed by atoms with E-state index in [1.165, 1.54) is 9.80 Å². The molecular formula is C16H26N2O5. The van der Waals surface area contributed by atoms with Crippen LogP contribution in [0.1, 0.15) is 52.9 Å². The Hall–Kier alpha value is -1.79. The molecule has 0 radical (unpaired) electrons. The van der Waals surface area contributed by atoms with Crippen LogP contribution in [0.15, 0.2) is 0 Å². The van der Waals surface area contributed by atoms with Gasteiger partial charge in [0, 0.05) is 13.1 Å². The molecule has 2 aliphatic heterocycles. The molecule has 2 saturated heterocycles. The fourth-order valence-corrected chi connectivity index (χ4v) is 3.21. The maximum atomic E-state index is 12.8. The van der Waals surface area contributed by atoms with E-state index in [1.807, 2.05) is 0 Å². The number of piperidine rings is 1. The molecule has 0 aromatic rings. The van der Waals surface area contributed by atoms with Gasteiger partial charge in [-0.25, -0.2) is 9.59 Å². The van der Waals surface area contributed by atoms with Crippen LogP contribution in [0.3, 0.4) is 0 Å². The number of carboxylic acid groups (broad SMARTS) is 1. The van der Waals surface area contributed by atoms with Gasteiger partial charge in [0.1, 0.15) is 17.7 Å². The number of carbonyl (C=O) groups excluding carboxylic acids is 2. The molecule has 0 aromatic heterocycles. The topological polar surface area (TPSA) is 87.2 Å². The second-order valence-corrected chi connectivity index (χ2v) is 7.21. The van der Waals surface area contributed by atoms with E-state index in [4.69, 9.17) is 4.74 Å². The molecule has 0 unspecified atom stereocenters. The summed E-state index contributed by atoms with van der Waals surface area (Å²) in [5.41, 5.74) is -0.626. The van der Waals surface area contributed by atoms with Gasteiger partial charge in [-0.05, 0) is 52.9 Å². The zero-order chi connectivity index (χ0) is 17.2. The quantitative estimate of drug-likeness (QED) is 0.837. The van der Waals surface area contributed by atoms with Crippen LogP contribution in [0.2, 0.25) is 0 Å². The first kappa shape index (κ1) is 17.6. The number of nitrogens with zero attached hydrogens (tertiary/aromatic N) is 2. The maximum Gasteiger partial charge on any atom is 0.410 e. The molecule has 0 saturated carbocycles. The van der Waals surface area contributed by atoms with Gasteiger partial charge in [-0.2, -0.15) is 0 Å². The van der Waals surface area contributed by atoms with Crippen molar-refractivity contribution in [3.8, 4) is 0 Å². The Labute approximate surface area is 136 Å². The highest BCUT2D eigenvalue weighted by Gasteiger charge is 2.42. The lowest BCUT2D eigenvalue weighted by Crippen LogP contribution is -2.55. The molecule has 23 heavy (non-hydrogen) atoms. The first-order chi connectivity index (χ1) is 10.7. The summed E-state index contributed by atoms with van der Waals surface area (Å²) in [4.78, 5) is 39.4. The summed E-state index contributed by atoms with van der Waals surface area (Å²) < 4.78 is 5.39. The molecule has 2 amide bonds. The fraction of sp³-hybridized carbons (Fsp3) is 0.812. The molecule has 7 nitrogen and oxygen atoms in total. The third kappa shape index (κ3) is 4.14. The van der Waals surface area contributed by atoms with Crippen molar-refractivity contribution in [2.75, 3.05) is 13.1 Å². The van der Waals surface area contributed by atoms with Crippen LogP contribution < -0.4 is 0 Å². The van der Waals surface area contributed by atoms with Gasteiger partial charge in [0.25, 0.3) is 0 Å². The van der Waals surface area contributed by atoms with Crippen molar-refractivity contribution in [3.05, 3.63) is 0 Å². The molecule has 2 rings (SSSR count). The standard InChI is InChI=1S/C16H26N2O5/c1-16(2,3)23-15(22)18-9-5-4-7-11(18)13(19)17-10-6-8-12(17)14(20)21/h11-12H,4-10H2,1-3H3,(H,20,21)/t11-,12+/m1/s1. The van der Waals surface area contributed by atoms with Crippen molar-refractivity contribution in [2.45, 2.75) is 70.6 Å². The molecule has 2 heterocycles. The van der Waals surface area contributed by atoms with Crippen LogP contribution in [0.4, 0.5) is 4.79 Å². The number of amides is 2. The van der Waals surface area contributed by atoms with E-state index in [0.29, 0.717) is 32.4 Å². The highest BCUT2D eigenvalue weighted by atomic mass is 16.6. The minimum absolute atomic E-state index is 0.263. The van der Waals surface area contributed by atoms with Crippen LogP contribution in [-0.4, -0.2) is 63.7 Å². The second kappa shape index (κ2) is 6.76. The Morgan fingerprint density at radius 2 is 1.57 bits per heavy atom. The molecule has 1 N–H and O–H groups in total. The number of likely N-dealkylation sites (tertiary alicyclic amines) is 2. The molecule has 0 spiro atoms. The lowest BCUT2D eigenvalue weighted by Gasteiger charge is -2.38.